The first-order valence-electron chi connectivity index (χ1n) is 4.25. The Morgan fingerprint density at radius 2 is 1.93 bits per heavy atom. The van der Waals surface area contributed by atoms with E-state index in [9.17, 15) is 9.59 Å². The van der Waals surface area contributed by atoms with Gasteiger partial charge in [0.25, 0.3) is 0 Å². The summed E-state index contributed by atoms with van der Waals surface area (Å²) < 4.78 is 0.796. The Morgan fingerprint density at radius 1 is 1.27 bits per heavy atom. The number of hydrogen-bond acceptors (Lipinski definition) is 2. The summed E-state index contributed by atoms with van der Waals surface area (Å²) in [6, 6.07) is 7.25. The fourth-order valence-electron chi connectivity index (χ4n) is 0.983. The Kier molecular flexibility index (Phi) is 4.98. The third kappa shape index (κ3) is 4.13. The lowest BCUT2D eigenvalue weighted by Crippen LogP contribution is -2.17. The maximum absolute atomic E-state index is 11.4. The lowest BCUT2D eigenvalue weighted by molar-refractivity contribution is -0.123. The van der Waals surface area contributed by atoms with Crippen LogP contribution in [0.1, 0.15) is 6.42 Å². The van der Waals surface area contributed by atoms with E-state index in [2.05, 4.69) is 37.2 Å². The molecule has 15 heavy (non-hydrogen) atoms. The van der Waals surface area contributed by atoms with Gasteiger partial charge >= 0.3 is 0 Å². The van der Waals surface area contributed by atoms with Crippen molar-refractivity contribution in [3.05, 3.63) is 28.7 Å². The molecule has 0 aliphatic heterocycles. The number of anilines is 1. The molecular weight excluding hydrogens is 326 g/mol. The first-order chi connectivity index (χ1) is 7.13. The van der Waals surface area contributed by atoms with Crippen molar-refractivity contribution in [2.75, 3.05) is 10.6 Å². The number of nitrogens with one attached hydrogen (secondary N) is 1. The number of halogens is 2. The lowest BCUT2D eigenvalue weighted by atomic mass is 10.2. The molecule has 0 spiro atoms. The fraction of sp³-hybridized carbons (Fsp3) is 0.200. The molecule has 0 saturated heterocycles. The Hall–Kier alpha value is -0.680. The third-order valence-electron chi connectivity index (χ3n) is 1.65. The Labute approximate surface area is 104 Å². The van der Waals surface area contributed by atoms with Crippen LogP contribution < -0.4 is 5.32 Å². The first kappa shape index (κ1) is 12.4. The van der Waals surface area contributed by atoms with Crippen LogP contribution in [-0.4, -0.2) is 17.0 Å². The average Bonchev–Trinajstić information content (AvgIpc) is 2.21. The molecule has 1 amide bonds. The highest BCUT2D eigenvalue weighted by molar-refractivity contribution is 9.10. The number of carbonyl (C=O) groups excluding carboxylic acids is 2. The molecule has 0 aliphatic rings. The highest BCUT2D eigenvalue weighted by Gasteiger charge is 2.09. The number of carbonyl (C=O) groups is 2. The minimum Gasteiger partial charge on any atom is -0.325 e. The van der Waals surface area contributed by atoms with Crippen molar-refractivity contribution in [1.29, 1.82) is 0 Å². The third-order valence-corrected chi connectivity index (χ3v) is 2.97. The maximum Gasteiger partial charge on any atom is 0.231 e. The Bertz CT molecular complexity index is 379. The molecule has 0 radical (unpaired) electrons. The molecule has 5 heteroatoms. The van der Waals surface area contributed by atoms with E-state index < -0.39 is 0 Å². The zero-order chi connectivity index (χ0) is 11.3. The molecule has 1 rings (SSSR count). The van der Waals surface area contributed by atoms with Crippen LogP contribution in [0.5, 0.6) is 0 Å². The van der Waals surface area contributed by atoms with Gasteiger partial charge in [0, 0.05) is 4.47 Å². The monoisotopic (exact) mass is 333 g/mol. The number of hydrogen-bond donors (Lipinski definition) is 1. The molecule has 3 nitrogen and oxygen atoms in total. The van der Waals surface area contributed by atoms with Crippen LogP contribution in [0.2, 0.25) is 0 Å². The average molecular weight is 335 g/mol. The zero-order valence-electron chi connectivity index (χ0n) is 7.80. The summed E-state index contributed by atoms with van der Waals surface area (Å²) >= 11 is 6.30. The molecule has 80 valence electrons. The summed E-state index contributed by atoms with van der Waals surface area (Å²) in [5, 5.41) is 2.85. The van der Waals surface area contributed by atoms with E-state index in [0.717, 1.165) is 4.47 Å². The van der Waals surface area contributed by atoms with Gasteiger partial charge in [-0.2, -0.15) is 0 Å². The van der Waals surface area contributed by atoms with Gasteiger partial charge in [0.1, 0.15) is 0 Å². The number of rotatable bonds is 4. The van der Waals surface area contributed by atoms with E-state index >= 15 is 0 Å². The predicted molar refractivity (Wildman–Crippen MR) is 66.2 cm³/mol. The van der Waals surface area contributed by atoms with Crippen LogP contribution in [0.15, 0.2) is 28.7 Å². The molecule has 1 aromatic rings. The largest absolute Gasteiger partial charge is 0.325 e. The standard InChI is InChI=1S/C10H9Br2NO2/c11-6-7(14)5-10(15)13-9-4-2-1-3-8(9)12/h1-4H,5-6H2,(H,13,15). The lowest BCUT2D eigenvalue weighted by Gasteiger charge is -2.05. The highest BCUT2D eigenvalue weighted by Crippen LogP contribution is 2.21. The molecule has 0 aromatic heterocycles. The number of para-hydroxylation sites is 1. The number of Topliss-reactive ketones (excluding diaryl/α,β-unsaturated/α-hetero) is 1. The minimum atomic E-state index is -0.300. The van der Waals surface area contributed by atoms with Gasteiger partial charge in [-0.3, -0.25) is 9.59 Å². The van der Waals surface area contributed by atoms with Crippen molar-refractivity contribution in [3.8, 4) is 0 Å². The summed E-state index contributed by atoms with van der Waals surface area (Å²) in [5.74, 6) is -0.439. The molecule has 1 N–H and O–H groups in total. The van der Waals surface area contributed by atoms with Gasteiger partial charge in [-0.25, -0.2) is 0 Å². The topological polar surface area (TPSA) is 46.2 Å². The molecule has 1 aromatic carbocycles. The molecule has 0 unspecified atom stereocenters. The molecule has 0 saturated carbocycles. The predicted octanol–water partition coefficient (Wildman–Crippen LogP) is 2.74. The van der Waals surface area contributed by atoms with E-state index in [0.29, 0.717) is 5.69 Å². The van der Waals surface area contributed by atoms with Crippen LogP contribution in [0.25, 0.3) is 0 Å². The van der Waals surface area contributed by atoms with Gasteiger partial charge in [-0.1, -0.05) is 28.1 Å². The van der Waals surface area contributed by atoms with Gasteiger partial charge in [-0.05, 0) is 28.1 Å². The molecule has 0 bridgehead atoms. The molecule has 0 heterocycles. The van der Waals surface area contributed by atoms with Gasteiger partial charge in [0.2, 0.25) is 5.91 Å². The number of alkyl halides is 1. The van der Waals surface area contributed by atoms with E-state index in [4.69, 9.17) is 0 Å². The number of benzene rings is 1. The van der Waals surface area contributed by atoms with Gasteiger partial charge < -0.3 is 5.32 Å². The second-order valence-electron chi connectivity index (χ2n) is 2.88. The maximum atomic E-state index is 11.4. The van der Waals surface area contributed by atoms with Crippen molar-refractivity contribution in [2.45, 2.75) is 6.42 Å². The molecule has 0 atom stereocenters. The second-order valence-corrected chi connectivity index (χ2v) is 4.29. The summed E-state index contributed by atoms with van der Waals surface area (Å²) in [4.78, 5) is 22.3. The van der Waals surface area contributed by atoms with Crippen molar-refractivity contribution < 1.29 is 9.59 Å². The quantitative estimate of drug-likeness (QED) is 0.679. The summed E-state index contributed by atoms with van der Waals surface area (Å²) in [6.07, 6.45) is -0.105. The SMILES string of the molecule is O=C(CBr)CC(=O)Nc1ccccc1Br. The van der Waals surface area contributed by atoms with Crippen molar-refractivity contribution in [2.24, 2.45) is 0 Å². The minimum absolute atomic E-state index is 0.105. The smallest absolute Gasteiger partial charge is 0.231 e. The second kappa shape index (κ2) is 6.02. The summed E-state index contributed by atoms with van der Waals surface area (Å²) in [5.41, 5.74) is 0.671. The van der Waals surface area contributed by atoms with E-state index in [1.807, 2.05) is 18.2 Å². The van der Waals surface area contributed by atoms with Gasteiger partial charge in [-0.15, -0.1) is 0 Å². The van der Waals surface area contributed by atoms with Crippen molar-refractivity contribution in [1.82, 2.24) is 0 Å². The van der Waals surface area contributed by atoms with E-state index in [-0.39, 0.29) is 23.4 Å². The molecule has 0 aliphatic carbocycles. The highest BCUT2D eigenvalue weighted by atomic mass is 79.9. The normalized spacial score (nSPS) is 9.73. The summed E-state index contributed by atoms with van der Waals surface area (Å²) in [6.45, 7) is 0. The summed E-state index contributed by atoms with van der Waals surface area (Å²) in [7, 11) is 0. The van der Waals surface area contributed by atoms with Crippen molar-refractivity contribution in [3.63, 3.8) is 0 Å². The Morgan fingerprint density at radius 3 is 2.53 bits per heavy atom. The van der Waals surface area contributed by atoms with Crippen LogP contribution in [0, 0.1) is 0 Å². The van der Waals surface area contributed by atoms with Crippen LogP contribution in [0.4, 0.5) is 5.69 Å². The molecular formula is C10H9Br2NO2. The van der Waals surface area contributed by atoms with E-state index in [1.165, 1.54) is 0 Å². The van der Waals surface area contributed by atoms with Crippen LogP contribution >= 0.6 is 31.9 Å². The van der Waals surface area contributed by atoms with Gasteiger partial charge in [0.15, 0.2) is 5.78 Å². The molecule has 0 fully saturated rings. The fourth-order valence-corrected chi connectivity index (χ4v) is 1.57. The van der Waals surface area contributed by atoms with Crippen LogP contribution in [0.3, 0.4) is 0 Å². The van der Waals surface area contributed by atoms with Crippen LogP contribution in [-0.2, 0) is 9.59 Å². The number of ketones is 1. The Balaban J connectivity index is 2.59. The number of amides is 1. The van der Waals surface area contributed by atoms with E-state index in [1.54, 1.807) is 6.07 Å². The first-order valence-corrected chi connectivity index (χ1v) is 6.17. The zero-order valence-corrected chi connectivity index (χ0v) is 11.0. The van der Waals surface area contributed by atoms with Gasteiger partial charge in [0.05, 0.1) is 17.4 Å². The van der Waals surface area contributed by atoms with Crippen molar-refractivity contribution >= 4 is 49.2 Å².